The van der Waals surface area contributed by atoms with Crippen molar-refractivity contribution in [2.24, 2.45) is 4.99 Å². The Morgan fingerprint density at radius 3 is 2.57 bits per heavy atom. The molecule has 1 aromatic heterocycles. The number of nitrogens with one attached hydrogen (secondary N) is 1. The molecule has 1 N–H and O–H groups in total. The highest BCUT2D eigenvalue weighted by molar-refractivity contribution is 8.00. The third kappa shape index (κ3) is 5.71. The van der Waals surface area contributed by atoms with Crippen LogP contribution in [0.2, 0.25) is 0 Å². The summed E-state index contributed by atoms with van der Waals surface area (Å²) in [6.07, 6.45) is 5.35. The molecule has 0 saturated carbocycles. The maximum atomic E-state index is 12.0. The summed E-state index contributed by atoms with van der Waals surface area (Å²) < 4.78 is 0. The second-order valence-electron chi connectivity index (χ2n) is 4.76. The van der Waals surface area contributed by atoms with Crippen LogP contribution in [0.4, 0.5) is 0 Å². The number of rotatable bonds is 5. The Bertz CT molecular complexity index is 697. The molecule has 0 fully saturated rings. The second-order valence-corrected chi connectivity index (χ2v) is 5.81. The molecule has 0 spiro atoms. The molecular formula is C18H19N3OS. The molecule has 0 aliphatic rings. The van der Waals surface area contributed by atoms with Gasteiger partial charge >= 0.3 is 0 Å². The number of allylic oxidation sites excluding steroid dienone is 1. The summed E-state index contributed by atoms with van der Waals surface area (Å²) in [5, 5.41) is 2.82. The highest BCUT2D eigenvalue weighted by Crippen LogP contribution is 2.17. The summed E-state index contributed by atoms with van der Waals surface area (Å²) in [6, 6.07) is 13.6. The van der Waals surface area contributed by atoms with Gasteiger partial charge in [-0.15, -0.1) is 11.8 Å². The van der Waals surface area contributed by atoms with Gasteiger partial charge in [0.25, 0.3) is 0 Å². The number of thioether (sulfide) groups is 1. The summed E-state index contributed by atoms with van der Waals surface area (Å²) in [5.41, 5.74) is 1.77. The van der Waals surface area contributed by atoms with Gasteiger partial charge in [-0.1, -0.05) is 24.3 Å². The van der Waals surface area contributed by atoms with E-state index in [4.69, 9.17) is 0 Å². The lowest BCUT2D eigenvalue weighted by molar-refractivity contribution is -0.117. The van der Waals surface area contributed by atoms with E-state index in [9.17, 15) is 4.79 Å². The first-order valence-electron chi connectivity index (χ1n) is 7.28. The summed E-state index contributed by atoms with van der Waals surface area (Å²) in [4.78, 5) is 21.5. The largest absolute Gasteiger partial charge is 0.314 e. The lowest BCUT2D eigenvalue weighted by atomic mass is 10.2. The van der Waals surface area contributed by atoms with Gasteiger partial charge in [-0.05, 0) is 38.1 Å². The van der Waals surface area contributed by atoms with Gasteiger partial charge in [0.05, 0.1) is 11.4 Å². The van der Waals surface area contributed by atoms with Crippen LogP contribution in [0.15, 0.2) is 70.8 Å². The minimum Gasteiger partial charge on any atom is -0.314 e. The minimum atomic E-state index is -0.0646. The van der Waals surface area contributed by atoms with Crippen molar-refractivity contribution in [2.75, 3.05) is 5.75 Å². The third-order valence-corrected chi connectivity index (χ3v) is 3.98. The monoisotopic (exact) mass is 325 g/mol. The maximum absolute atomic E-state index is 12.0. The molecule has 1 amide bonds. The van der Waals surface area contributed by atoms with Gasteiger partial charge in [0.15, 0.2) is 0 Å². The van der Waals surface area contributed by atoms with Crippen LogP contribution in [0, 0.1) is 0 Å². The number of pyridine rings is 1. The molecule has 0 unspecified atom stereocenters. The molecule has 2 rings (SSSR count). The average molecular weight is 325 g/mol. The van der Waals surface area contributed by atoms with Gasteiger partial charge in [0, 0.05) is 22.9 Å². The molecule has 0 aliphatic heterocycles. The highest BCUT2D eigenvalue weighted by Gasteiger charge is 2.05. The van der Waals surface area contributed by atoms with Crippen molar-refractivity contribution in [3.05, 3.63) is 66.5 Å². The fourth-order valence-electron chi connectivity index (χ4n) is 1.93. The number of hydrogen-bond acceptors (Lipinski definition) is 4. The van der Waals surface area contributed by atoms with Gasteiger partial charge in [-0.3, -0.25) is 9.78 Å². The Hall–Kier alpha value is -2.40. The molecule has 4 nitrogen and oxygen atoms in total. The minimum absolute atomic E-state index is 0.0646. The zero-order chi connectivity index (χ0) is 16.5. The first-order chi connectivity index (χ1) is 11.2. The van der Waals surface area contributed by atoms with E-state index < -0.39 is 0 Å². The Labute approximate surface area is 140 Å². The van der Waals surface area contributed by atoms with Crippen molar-refractivity contribution >= 4 is 29.2 Å². The smallest absolute Gasteiger partial charge is 0.235 e. The molecule has 0 radical (unpaired) electrons. The van der Waals surface area contributed by atoms with Crippen molar-refractivity contribution < 1.29 is 4.79 Å². The zero-order valence-corrected chi connectivity index (χ0v) is 14.0. The Morgan fingerprint density at radius 1 is 1.22 bits per heavy atom. The first-order valence-corrected chi connectivity index (χ1v) is 8.27. The second kappa shape index (κ2) is 8.90. The summed E-state index contributed by atoms with van der Waals surface area (Å²) in [5.74, 6) is 0.871. The molecule has 118 valence electrons. The number of benzene rings is 1. The Morgan fingerprint density at radius 2 is 1.91 bits per heavy atom. The lowest BCUT2D eigenvalue weighted by Crippen LogP contribution is -2.29. The van der Waals surface area contributed by atoms with Crippen molar-refractivity contribution in [2.45, 2.75) is 18.7 Å². The van der Waals surface area contributed by atoms with Crippen LogP contribution in [0.5, 0.6) is 0 Å². The predicted molar refractivity (Wildman–Crippen MR) is 96.3 cm³/mol. The highest BCUT2D eigenvalue weighted by atomic mass is 32.2. The SMILES string of the molecule is C/C=C(\N=C(C)NC(=O)CSc1ccccc1)c1ccncc1. The fraction of sp³-hybridized carbons (Fsp3) is 0.167. The summed E-state index contributed by atoms with van der Waals surface area (Å²) in [7, 11) is 0. The number of hydrogen-bond donors (Lipinski definition) is 1. The van der Waals surface area contributed by atoms with Gasteiger partial charge in [-0.25, -0.2) is 4.99 Å². The van der Waals surface area contributed by atoms with E-state index in [-0.39, 0.29) is 5.91 Å². The lowest BCUT2D eigenvalue weighted by Gasteiger charge is -2.07. The van der Waals surface area contributed by atoms with Crippen LogP contribution in [-0.4, -0.2) is 22.5 Å². The molecule has 0 bridgehead atoms. The van der Waals surface area contributed by atoms with E-state index >= 15 is 0 Å². The van der Waals surface area contributed by atoms with Gasteiger partial charge < -0.3 is 5.32 Å². The molecule has 0 atom stereocenters. The standard InChI is InChI=1S/C18H19N3OS/c1-3-17(15-9-11-19-12-10-15)20-14(2)21-18(22)13-23-16-7-5-4-6-8-16/h3-12H,13H2,1-2H3,(H,20,21,22)/b17-3-. The van der Waals surface area contributed by atoms with Gasteiger partial charge in [0.1, 0.15) is 5.84 Å². The predicted octanol–water partition coefficient (Wildman–Crippen LogP) is 3.77. The van der Waals surface area contributed by atoms with Crippen LogP contribution in [0.1, 0.15) is 19.4 Å². The van der Waals surface area contributed by atoms with E-state index in [0.29, 0.717) is 11.6 Å². The molecule has 1 aromatic carbocycles. The fourth-order valence-corrected chi connectivity index (χ4v) is 2.65. The number of aromatic nitrogens is 1. The average Bonchev–Trinajstić information content (AvgIpc) is 2.59. The molecule has 23 heavy (non-hydrogen) atoms. The molecular weight excluding hydrogens is 306 g/mol. The summed E-state index contributed by atoms with van der Waals surface area (Å²) >= 11 is 1.50. The van der Waals surface area contributed by atoms with Gasteiger partial charge in [0.2, 0.25) is 5.91 Å². The first kappa shape index (κ1) is 17.0. The number of amidine groups is 1. The summed E-state index contributed by atoms with van der Waals surface area (Å²) in [6.45, 7) is 3.70. The number of carbonyl (C=O) groups excluding carboxylic acids is 1. The Kier molecular flexibility index (Phi) is 6.56. The van der Waals surface area contributed by atoms with Crippen LogP contribution in [0.25, 0.3) is 5.70 Å². The quantitative estimate of drug-likeness (QED) is 0.517. The molecule has 0 aliphatic carbocycles. The number of amides is 1. The van der Waals surface area contributed by atoms with Crippen LogP contribution in [0.3, 0.4) is 0 Å². The van der Waals surface area contributed by atoms with E-state index in [1.807, 2.05) is 55.5 Å². The van der Waals surface area contributed by atoms with Crippen molar-refractivity contribution in [3.63, 3.8) is 0 Å². The van der Waals surface area contributed by atoms with Gasteiger partial charge in [-0.2, -0.15) is 0 Å². The maximum Gasteiger partial charge on any atom is 0.235 e. The molecule has 5 heteroatoms. The normalized spacial score (nSPS) is 12.1. The van der Waals surface area contributed by atoms with E-state index in [1.54, 1.807) is 19.3 Å². The van der Waals surface area contributed by atoms with Crippen molar-refractivity contribution in [1.29, 1.82) is 0 Å². The van der Waals surface area contributed by atoms with Crippen molar-refractivity contribution in [1.82, 2.24) is 10.3 Å². The van der Waals surface area contributed by atoms with Crippen LogP contribution in [-0.2, 0) is 4.79 Å². The molecule has 1 heterocycles. The van der Waals surface area contributed by atoms with E-state index in [0.717, 1.165) is 16.2 Å². The number of carbonyl (C=O) groups is 1. The zero-order valence-electron chi connectivity index (χ0n) is 13.2. The molecule has 2 aromatic rings. The Balaban J connectivity index is 1.92. The topological polar surface area (TPSA) is 54.4 Å². The number of aliphatic imine (C=N–C) groups is 1. The van der Waals surface area contributed by atoms with Crippen LogP contribution >= 0.6 is 11.8 Å². The third-order valence-electron chi connectivity index (χ3n) is 2.97. The van der Waals surface area contributed by atoms with Crippen molar-refractivity contribution in [3.8, 4) is 0 Å². The number of nitrogens with zero attached hydrogens (tertiary/aromatic N) is 2. The van der Waals surface area contributed by atoms with E-state index in [2.05, 4.69) is 15.3 Å². The van der Waals surface area contributed by atoms with Crippen LogP contribution < -0.4 is 5.32 Å². The van der Waals surface area contributed by atoms with E-state index in [1.165, 1.54) is 11.8 Å². The molecule has 0 saturated heterocycles.